The zero-order valence-electron chi connectivity index (χ0n) is 15.4. The number of aryl methyl sites for hydroxylation is 2. The molecule has 1 aromatic rings. The number of amides is 2. The molecule has 0 N–H and O–H groups in total. The number of rotatable bonds is 4. The van der Waals surface area contributed by atoms with E-state index in [4.69, 9.17) is 4.42 Å². The van der Waals surface area contributed by atoms with Crippen molar-refractivity contribution in [2.75, 3.05) is 24.6 Å². The summed E-state index contributed by atoms with van der Waals surface area (Å²) in [5.41, 5.74) is 0.492. The molecule has 9 heteroatoms. The van der Waals surface area contributed by atoms with Crippen LogP contribution in [0.2, 0.25) is 0 Å². The van der Waals surface area contributed by atoms with E-state index in [9.17, 15) is 18.0 Å². The number of fused-ring (bicyclic) bond motifs is 1. The maximum absolute atomic E-state index is 12.9. The molecule has 2 atom stereocenters. The number of hydrogen-bond acceptors (Lipinski definition) is 6. The summed E-state index contributed by atoms with van der Waals surface area (Å²) in [7, 11) is -3.30. The minimum Gasteiger partial charge on any atom is -0.436 e. The van der Waals surface area contributed by atoms with Gasteiger partial charge in [0.1, 0.15) is 0 Å². The van der Waals surface area contributed by atoms with Gasteiger partial charge < -0.3 is 14.2 Å². The summed E-state index contributed by atoms with van der Waals surface area (Å²) in [6.07, 6.45) is 2.09. The van der Waals surface area contributed by atoms with E-state index in [-0.39, 0.29) is 29.1 Å². The quantitative estimate of drug-likeness (QED) is 0.767. The van der Waals surface area contributed by atoms with Crippen LogP contribution in [0.3, 0.4) is 0 Å². The maximum Gasteiger partial charge on any atom is 0.291 e. The van der Waals surface area contributed by atoms with E-state index in [0.717, 1.165) is 12.8 Å². The summed E-state index contributed by atoms with van der Waals surface area (Å²) in [6, 6.07) is -1.01. The Morgan fingerprint density at radius 1 is 1.15 bits per heavy atom. The molecule has 0 unspecified atom stereocenters. The fraction of sp³-hybridized carbons (Fsp3) is 0.706. The Balaban J connectivity index is 1.86. The van der Waals surface area contributed by atoms with E-state index in [1.807, 2.05) is 6.92 Å². The zero-order chi connectivity index (χ0) is 19.1. The first-order valence-electron chi connectivity index (χ1n) is 8.98. The normalized spacial score (nSPS) is 24.6. The van der Waals surface area contributed by atoms with Crippen LogP contribution in [-0.4, -0.2) is 71.7 Å². The van der Waals surface area contributed by atoms with Crippen molar-refractivity contribution >= 4 is 21.7 Å². The molecule has 2 amide bonds. The third-order valence-electron chi connectivity index (χ3n) is 5.10. The number of oxazole rings is 1. The highest BCUT2D eigenvalue weighted by Gasteiger charge is 2.49. The predicted octanol–water partition coefficient (Wildman–Crippen LogP) is 0.932. The molecule has 2 aliphatic heterocycles. The molecule has 1 aromatic heterocycles. The highest BCUT2D eigenvalue weighted by molar-refractivity contribution is 7.91. The molecule has 3 rings (SSSR count). The lowest BCUT2D eigenvalue weighted by Gasteiger charge is -2.43. The van der Waals surface area contributed by atoms with E-state index < -0.39 is 21.9 Å². The summed E-state index contributed by atoms with van der Waals surface area (Å²) in [4.78, 5) is 32.8. The van der Waals surface area contributed by atoms with Crippen LogP contribution in [-0.2, 0) is 14.6 Å². The van der Waals surface area contributed by atoms with Crippen molar-refractivity contribution in [1.29, 1.82) is 0 Å². The minimum absolute atomic E-state index is 0.0299. The number of aromatic nitrogens is 1. The number of hydrogen-bond donors (Lipinski definition) is 0. The molecular formula is C17H25N3O5S. The number of carbonyl (C=O) groups is 2. The molecule has 3 heterocycles. The van der Waals surface area contributed by atoms with Crippen molar-refractivity contribution in [3.05, 3.63) is 17.3 Å². The standard InChI is InChI=1S/C17H25N3O5S/c1-4-5-6-15(21)19-7-8-20(14-10-26(23,24)9-13(14)19)17(22)16-11(2)18-12(3)25-16/h13-14H,4-10H2,1-3H3/t13-,14+/m1/s1. The Morgan fingerprint density at radius 2 is 1.77 bits per heavy atom. The van der Waals surface area contributed by atoms with Gasteiger partial charge in [-0.2, -0.15) is 0 Å². The van der Waals surface area contributed by atoms with Crippen LogP contribution in [0.15, 0.2) is 4.42 Å². The first-order chi connectivity index (χ1) is 12.2. The lowest BCUT2D eigenvalue weighted by molar-refractivity contribution is -0.136. The number of sulfone groups is 1. The van der Waals surface area contributed by atoms with E-state index in [1.54, 1.807) is 23.6 Å². The van der Waals surface area contributed by atoms with Gasteiger partial charge in [0.05, 0.1) is 29.3 Å². The van der Waals surface area contributed by atoms with Crippen molar-refractivity contribution in [1.82, 2.24) is 14.8 Å². The smallest absolute Gasteiger partial charge is 0.291 e. The second-order valence-corrected chi connectivity index (χ2v) is 9.20. The summed E-state index contributed by atoms with van der Waals surface area (Å²) < 4.78 is 29.9. The monoisotopic (exact) mass is 383 g/mol. The number of piperazine rings is 1. The lowest BCUT2D eigenvalue weighted by atomic mass is 10.0. The van der Waals surface area contributed by atoms with Crippen LogP contribution in [0.4, 0.5) is 0 Å². The fourth-order valence-corrected chi connectivity index (χ4v) is 5.83. The molecule has 0 radical (unpaired) electrons. The molecule has 0 spiro atoms. The summed E-state index contributed by atoms with van der Waals surface area (Å²) >= 11 is 0. The van der Waals surface area contributed by atoms with E-state index in [2.05, 4.69) is 4.98 Å². The van der Waals surface area contributed by atoms with Crippen LogP contribution in [0, 0.1) is 13.8 Å². The SMILES string of the molecule is CCCCC(=O)N1CCN(C(=O)c2oc(C)nc2C)[C@H]2CS(=O)(=O)C[C@H]21. The fourth-order valence-electron chi connectivity index (χ4n) is 3.85. The molecule has 0 aliphatic carbocycles. The van der Waals surface area contributed by atoms with Gasteiger partial charge in [-0.25, -0.2) is 13.4 Å². The Labute approximate surface area is 153 Å². The Bertz CT molecular complexity index is 816. The molecule has 26 heavy (non-hydrogen) atoms. The molecule has 8 nitrogen and oxygen atoms in total. The van der Waals surface area contributed by atoms with Gasteiger partial charge in [-0.05, 0) is 13.3 Å². The summed E-state index contributed by atoms with van der Waals surface area (Å²) in [5.74, 6) is -0.0411. The van der Waals surface area contributed by atoms with Gasteiger partial charge in [-0.15, -0.1) is 0 Å². The third-order valence-corrected chi connectivity index (χ3v) is 6.80. The average molecular weight is 383 g/mol. The largest absolute Gasteiger partial charge is 0.436 e. The van der Waals surface area contributed by atoms with Gasteiger partial charge in [-0.1, -0.05) is 13.3 Å². The Hall–Kier alpha value is -1.90. The number of carbonyl (C=O) groups excluding carboxylic acids is 2. The highest BCUT2D eigenvalue weighted by Crippen LogP contribution is 2.29. The van der Waals surface area contributed by atoms with Crippen LogP contribution in [0.5, 0.6) is 0 Å². The summed E-state index contributed by atoms with van der Waals surface area (Å²) in [5, 5.41) is 0. The van der Waals surface area contributed by atoms with Crippen LogP contribution in [0.1, 0.15) is 48.3 Å². The van der Waals surface area contributed by atoms with E-state index in [0.29, 0.717) is 31.1 Å². The molecule has 0 bridgehead atoms. The summed E-state index contributed by atoms with van der Waals surface area (Å²) in [6.45, 7) is 6.01. The zero-order valence-corrected chi connectivity index (χ0v) is 16.2. The van der Waals surface area contributed by atoms with Crippen molar-refractivity contribution < 1.29 is 22.4 Å². The molecule has 0 saturated carbocycles. The average Bonchev–Trinajstić information content (AvgIpc) is 3.08. The maximum atomic E-state index is 12.9. The van der Waals surface area contributed by atoms with Gasteiger partial charge in [0.15, 0.2) is 15.7 Å². The molecule has 2 fully saturated rings. The second kappa shape index (κ2) is 7.02. The van der Waals surface area contributed by atoms with E-state index in [1.165, 1.54) is 0 Å². The first kappa shape index (κ1) is 18.9. The van der Waals surface area contributed by atoms with Crippen molar-refractivity contribution in [3.63, 3.8) is 0 Å². The van der Waals surface area contributed by atoms with Gasteiger partial charge in [0.2, 0.25) is 11.7 Å². The lowest BCUT2D eigenvalue weighted by Crippen LogP contribution is -2.62. The molecule has 144 valence electrons. The minimum atomic E-state index is -3.30. The van der Waals surface area contributed by atoms with Gasteiger partial charge >= 0.3 is 0 Å². The van der Waals surface area contributed by atoms with Crippen molar-refractivity contribution in [2.24, 2.45) is 0 Å². The van der Waals surface area contributed by atoms with Crippen LogP contribution in [0.25, 0.3) is 0 Å². The second-order valence-electron chi connectivity index (χ2n) is 7.05. The Morgan fingerprint density at radius 3 is 2.35 bits per heavy atom. The molecule has 2 aliphatic rings. The van der Waals surface area contributed by atoms with Gasteiger partial charge in [-0.3, -0.25) is 9.59 Å². The topological polar surface area (TPSA) is 101 Å². The number of unbranched alkanes of at least 4 members (excludes halogenated alkanes) is 1. The van der Waals surface area contributed by atoms with Crippen LogP contribution >= 0.6 is 0 Å². The van der Waals surface area contributed by atoms with Crippen molar-refractivity contribution in [2.45, 2.75) is 52.1 Å². The Kier molecular flexibility index (Phi) is 5.09. The van der Waals surface area contributed by atoms with Crippen molar-refractivity contribution in [3.8, 4) is 0 Å². The van der Waals surface area contributed by atoms with Crippen LogP contribution < -0.4 is 0 Å². The molecule has 0 aromatic carbocycles. The third kappa shape index (κ3) is 3.49. The van der Waals surface area contributed by atoms with E-state index >= 15 is 0 Å². The molecular weight excluding hydrogens is 358 g/mol. The first-order valence-corrected chi connectivity index (χ1v) is 10.8. The highest BCUT2D eigenvalue weighted by atomic mass is 32.2. The predicted molar refractivity (Wildman–Crippen MR) is 94.5 cm³/mol. The van der Waals surface area contributed by atoms with Gasteiger partial charge in [0, 0.05) is 26.4 Å². The molecule has 2 saturated heterocycles. The van der Waals surface area contributed by atoms with Gasteiger partial charge in [0.25, 0.3) is 5.91 Å². The number of nitrogens with zero attached hydrogens (tertiary/aromatic N) is 3.